The predicted octanol–water partition coefficient (Wildman–Crippen LogP) is 1.87. The Balaban J connectivity index is 2.02. The quantitative estimate of drug-likeness (QED) is 0.858. The minimum absolute atomic E-state index is 0.0492. The van der Waals surface area contributed by atoms with E-state index in [0.29, 0.717) is 6.54 Å². The molecule has 1 aliphatic rings. The maximum absolute atomic E-state index is 12.2. The number of carbonyl (C=O) groups is 2. The number of carbonyl (C=O) groups excluding carboxylic acids is 2. The number of rotatable bonds is 3. The monoisotopic (exact) mass is 278 g/mol. The summed E-state index contributed by atoms with van der Waals surface area (Å²) in [5, 5.41) is 1.97. The molecule has 1 fully saturated rings. The zero-order valence-electron chi connectivity index (χ0n) is 10.9. The van der Waals surface area contributed by atoms with Gasteiger partial charge in [-0.2, -0.15) is 0 Å². The van der Waals surface area contributed by atoms with Crippen molar-refractivity contribution >= 4 is 29.2 Å². The highest BCUT2D eigenvalue weighted by atomic mass is 32.1. The third kappa shape index (κ3) is 3.44. The van der Waals surface area contributed by atoms with Crippen molar-refractivity contribution in [1.82, 2.24) is 4.90 Å². The highest BCUT2D eigenvalue weighted by molar-refractivity contribution is 7.10. The molecular formula is C14H18N2O2S. The van der Waals surface area contributed by atoms with Gasteiger partial charge in [0.15, 0.2) is 0 Å². The molecule has 2 rings (SSSR count). The predicted molar refractivity (Wildman–Crippen MR) is 76.4 cm³/mol. The van der Waals surface area contributed by atoms with E-state index in [9.17, 15) is 9.59 Å². The van der Waals surface area contributed by atoms with Crippen molar-refractivity contribution in [2.75, 3.05) is 6.54 Å². The molecule has 2 atom stereocenters. The molecule has 0 spiro atoms. The zero-order valence-corrected chi connectivity index (χ0v) is 11.7. The molecule has 19 heavy (non-hydrogen) atoms. The maximum atomic E-state index is 12.2. The molecule has 0 bridgehead atoms. The molecule has 1 saturated heterocycles. The molecule has 0 aliphatic carbocycles. The lowest BCUT2D eigenvalue weighted by Crippen LogP contribution is -2.48. The van der Waals surface area contributed by atoms with Gasteiger partial charge in [0.2, 0.25) is 11.8 Å². The first kappa shape index (κ1) is 13.8. The van der Waals surface area contributed by atoms with Gasteiger partial charge in [-0.25, -0.2) is 0 Å². The SMILES string of the molecule is C[C@@H]1CC[C@H](C(N)=O)CN1C(=O)/C=C/c1cccs1. The highest BCUT2D eigenvalue weighted by Crippen LogP contribution is 2.22. The fraction of sp³-hybridized carbons (Fsp3) is 0.429. The summed E-state index contributed by atoms with van der Waals surface area (Å²) in [6.45, 7) is 2.44. The number of hydrogen-bond acceptors (Lipinski definition) is 3. The van der Waals surface area contributed by atoms with Gasteiger partial charge in [-0.3, -0.25) is 9.59 Å². The van der Waals surface area contributed by atoms with Crippen LogP contribution >= 0.6 is 11.3 Å². The second-order valence-electron chi connectivity index (χ2n) is 4.87. The smallest absolute Gasteiger partial charge is 0.246 e. The van der Waals surface area contributed by atoms with Crippen LogP contribution in [0.1, 0.15) is 24.6 Å². The molecule has 0 aromatic carbocycles. The minimum Gasteiger partial charge on any atom is -0.369 e. The van der Waals surface area contributed by atoms with E-state index in [1.54, 1.807) is 22.3 Å². The van der Waals surface area contributed by atoms with E-state index in [4.69, 9.17) is 5.73 Å². The molecule has 1 aliphatic heterocycles. The van der Waals surface area contributed by atoms with E-state index in [0.717, 1.165) is 17.7 Å². The molecule has 102 valence electrons. The van der Waals surface area contributed by atoms with Crippen LogP contribution in [0.2, 0.25) is 0 Å². The van der Waals surface area contributed by atoms with Crippen molar-refractivity contribution in [1.29, 1.82) is 0 Å². The fourth-order valence-corrected chi connectivity index (χ4v) is 2.90. The number of primary amides is 1. The number of amides is 2. The first-order valence-corrected chi connectivity index (χ1v) is 7.27. The number of likely N-dealkylation sites (tertiary alicyclic amines) is 1. The molecule has 2 N–H and O–H groups in total. The Morgan fingerprint density at radius 3 is 2.89 bits per heavy atom. The number of nitrogens with zero attached hydrogens (tertiary/aromatic N) is 1. The second-order valence-corrected chi connectivity index (χ2v) is 5.84. The molecule has 2 amide bonds. The largest absolute Gasteiger partial charge is 0.369 e. The summed E-state index contributed by atoms with van der Waals surface area (Å²) in [5.41, 5.74) is 5.33. The summed E-state index contributed by atoms with van der Waals surface area (Å²) >= 11 is 1.59. The van der Waals surface area contributed by atoms with Crippen molar-refractivity contribution in [3.05, 3.63) is 28.5 Å². The summed E-state index contributed by atoms with van der Waals surface area (Å²) in [5.74, 6) is -0.575. The van der Waals surface area contributed by atoms with Crippen LogP contribution < -0.4 is 5.73 Å². The van der Waals surface area contributed by atoms with E-state index in [2.05, 4.69) is 0 Å². The van der Waals surface area contributed by atoms with Crippen LogP contribution in [0.4, 0.5) is 0 Å². The van der Waals surface area contributed by atoms with Crippen LogP contribution in [0, 0.1) is 5.92 Å². The van der Waals surface area contributed by atoms with Crippen molar-refractivity contribution in [2.45, 2.75) is 25.8 Å². The molecule has 4 nitrogen and oxygen atoms in total. The Kier molecular flexibility index (Phi) is 4.37. The lowest BCUT2D eigenvalue weighted by Gasteiger charge is -2.36. The lowest BCUT2D eigenvalue weighted by atomic mass is 9.93. The van der Waals surface area contributed by atoms with Crippen molar-refractivity contribution in [3.8, 4) is 0 Å². The van der Waals surface area contributed by atoms with Gasteiger partial charge >= 0.3 is 0 Å². The standard InChI is InChI=1S/C14H18N2O2S/c1-10-4-5-11(14(15)18)9-16(10)13(17)7-6-12-3-2-8-19-12/h2-3,6-8,10-11H,4-5,9H2,1H3,(H2,15,18)/b7-6+/t10-,11+/m1/s1. The van der Waals surface area contributed by atoms with Gasteiger partial charge in [-0.05, 0) is 37.3 Å². The summed E-state index contributed by atoms with van der Waals surface area (Å²) in [6, 6.07) is 4.07. The highest BCUT2D eigenvalue weighted by Gasteiger charge is 2.30. The van der Waals surface area contributed by atoms with E-state index in [-0.39, 0.29) is 23.8 Å². The Morgan fingerprint density at radius 2 is 2.26 bits per heavy atom. The molecule has 0 unspecified atom stereocenters. The van der Waals surface area contributed by atoms with Crippen LogP contribution in [0.5, 0.6) is 0 Å². The van der Waals surface area contributed by atoms with Crippen LogP contribution in [0.3, 0.4) is 0 Å². The molecular weight excluding hydrogens is 260 g/mol. The summed E-state index contributed by atoms with van der Waals surface area (Å²) in [6.07, 6.45) is 4.99. The van der Waals surface area contributed by atoms with Crippen molar-refractivity contribution in [3.63, 3.8) is 0 Å². The van der Waals surface area contributed by atoms with Crippen molar-refractivity contribution < 1.29 is 9.59 Å². The van der Waals surface area contributed by atoms with Crippen molar-refractivity contribution in [2.24, 2.45) is 11.7 Å². The number of piperidine rings is 1. The van der Waals surface area contributed by atoms with Gasteiger partial charge < -0.3 is 10.6 Å². The third-order valence-corrected chi connectivity index (χ3v) is 4.34. The minimum atomic E-state index is -0.313. The van der Waals surface area contributed by atoms with E-state index in [1.807, 2.05) is 30.5 Å². The number of nitrogens with two attached hydrogens (primary N) is 1. The lowest BCUT2D eigenvalue weighted by molar-refractivity contribution is -0.133. The Hall–Kier alpha value is -1.62. The second kappa shape index (κ2) is 6.02. The van der Waals surface area contributed by atoms with Gasteiger partial charge in [-0.1, -0.05) is 6.07 Å². The maximum Gasteiger partial charge on any atom is 0.246 e. The van der Waals surface area contributed by atoms with Gasteiger partial charge in [0.1, 0.15) is 0 Å². The summed E-state index contributed by atoms with van der Waals surface area (Å²) < 4.78 is 0. The van der Waals surface area contributed by atoms with Crippen LogP contribution in [-0.2, 0) is 9.59 Å². The molecule has 1 aromatic rings. The fourth-order valence-electron chi connectivity index (χ4n) is 2.28. The van der Waals surface area contributed by atoms with Gasteiger partial charge in [0.25, 0.3) is 0 Å². The molecule has 2 heterocycles. The summed E-state index contributed by atoms with van der Waals surface area (Å²) in [7, 11) is 0. The Morgan fingerprint density at radius 1 is 1.47 bits per heavy atom. The van der Waals surface area contributed by atoms with Crippen LogP contribution in [0.25, 0.3) is 6.08 Å². The topological polar surface area (TPSA) is 63.4 Å². The van der Waals surface area contributed by atoms with E-state index in [1.165, 1.54) is 0 Å². The molecule has 0 radical (unpaired) electrons. The van der Waals surface area contributed by atoms with Gasteiger partial charge in [0.05, 0.1) is 5.92 Å². The zero-order chi connectivity index (χ0) is 13.8. The number of hydrogen-bond donors (Lipinski definition) is 1. The molecule has 0 saturated carbocycles. The van der Waals surface area contributed by atoms with E-state index < -0.39 is 0 Å². The Bertz CT molecular complexity index is 482. The first-order valence-electron chi connectivity index (χ1n) is 6.39. The van der Waals surface area contributed by atoms with Crippen LogP contribution in [0.15, 0.2) is 23.6 Å². The third-order valence-electron chi connectivity index (χ3n) is 3.50. The molecule has 5 heteroatoms. The average molecular weight is 278 g/mol. The van der Waals surface area contributed by atoms with Gasteiger partial charge in [0, 0.05) is 23.5 Å². The molecule has 1 aromatic heterocycles. The normalized spacial score (nSPS) is 23.7. The number of thiophene rings is 1. The summed E-state index contributed by atoms with van der Waals surface area (Å²) in [4.78, 5) is 26.2. The van der Waals surface area contributed by atoms with Crippen LogP contribution in [-0.4, -0.2) is 29.3 Å². The average Bonchev–Trinajstić information content (AvgIpc) is 2.89. The van der Waals surface area contributed by atoms with Gasteiger partial charge in [-0.15, -0.1) is 11.3 Å². The Labute approximate surface area is 116 Å². The first-order chi connectivity index (χ1) is 9.08. The van der Waals surface area contributed by atoms with E-state index >= 15 is 0 Å².